The van der Waals surface area contributed by atoms with Crippen molar-refractivity contribution in [3.05, 3.63) is 22.8 Å². The lowest BCUT2D eigenvalue weighted by atomic mass is 9.68. The summed E-state index contributed by atoms with van der Waals surface area (Å²) in [6, 6.07) is 0. The van der Waals surface area contributed by atoms with Gasteiger partial charge in [0.25, 0.3) is 0 Å². The number of fused-ring (bicyclic) bond motifs is 2. The molecule has 0 heterocycles. The van der Waals surface area contributed by atoms with Crippen LogP contribution in [0.15, 0.2) is 22.8 Å². The summed E-state index contributed by atoms with van der Waals surface area (Å²) in [5.41, 5.74) is 3.25. The summed E-state index contributed by atoms with van der Waals surface area (Å²) in [5, 5.41) is 22.4. The smallest absolute Gasteiger partial charge is 0.246 e. The first kappa shape index (κ1) is 23.4. The number of allylic oxidation sites excluding steroid dienone is 2. The Hall–Kier alpha value is -0.270. The van der Waals surface area contributed by atoms with Gasteiger partial charge < -0.3 is 14.9 Å². The molecule has 6 atom stereocenters. The normalized spacial score (nSPS) is 41.6. The van der Waals surface area contributed by atoms with E-state index in [0.717, 1.165) is 31.3 Å². The first-order valence-electron chi connectivity index (χ1n) is 10.7. The number of aliphatic hydroxyl groups is 2. The second-order valence-electron chi connectivity index (χ2n) is 9.53. The summed E-state index contributed by atoms with van der Waals surface area (Å²) in [4.78, 5) is 12.5. The number of carbonyl (C=O) groups excluding carboxylic acids is 1. The third-order valence-electron chi connectivity index (χ3n) is 7.45. The maximum absolute atomic E-state index is 12.5. The average molecular weight is 441 g/mol. The van der Waals surface area contributed by atoms with Crippen molar-refractivity contribution in [2.45, 2.75) is 70.3 Å². The standard InChI is InChI=1S/C23H36O4S2/c1-13(2)15-7-9-22(4)11-17-16(14(3)19(24)20(25)18(15)22)8-10-23(17,12-27-5)29-21(26)28-6/h11,13-14,16,19-20,24-25H,7-10,12H2,1-6H3/b17-11+/t14-,16+,19+,20+,22-,23+/m1/s1. The minimum absolute atomic E-state index is 0.0778. The second-order valence-corrected chi connectivity index (χ2v) is 11.9. The van der Waals surface area contributed by atoms with E-state index in [9.17, 15) is 15.0 Å². The van der Waals surface area contributed by atoms with Crippen LogP contribution in [0.4, 0.5) is 4.79 Å². The van der Waals surface area contributed by atoms with E-state index in [2.05, 4.69) is 26.8 Å². The third-order valence-corrected chi connectivity index (χ3v) is 9.64. The molecule has 0 spiro atoms. The zero-order valence-electron chi connectivity index (χ0n) is 18.5. The molecule has 0 bridgehead atoms. The zero-order chi connectivity index (χ0) is 21.6. The number of rotatable bonds is 4. The fraction of sp³-hybridized carbons (Fsp3) is 0.783. The van der Waals surface area contributed by atoms with Crippen molar-refractivity contribution in [3.8, 4) is 0 Å². The highest BCUT2D eigenvalue weighted by Gasteiger charge is 2.53. The molecule has 29 heavy (non-hydrogen) atoms. The minimum atomic E-state index is -0.828. The van der Waals surface area contributed by atoms with Crippen molar-refractivity contribution in [3.63, 3.8) is 0 Å². The molecular formula is C23H36O4S2. The Morgan fingerprint density at radius 1 is 1.34 bits per heavy atom. The highest BCUT2D eigenvalue weighted by atomic mass is 32.2. The lowest BCUT2D eigenvalue weighted by molar-refractivity contribution is -0.0146. The zero-order valence-corrected chi connectivity index (χ0v) is 20.2. The van der Waals surface area contributed by atoms with Crippen molar-refractivity contribution >= 4 is 28.0 Å². The maximum atomic E-state index is 12.5. The quantitative estimate of drug-likeness (QED) is 0.597. The second kappa shape index (κ2) is 8.70. The first-order valence-corrected chi connectivity index (χ1v) is 12.7. The van der Waals surface area contributed by atoms with Gasteiger partial charge in [0.1, 0.15) is 6.10 Å². The van der Waals surface area contributed by atoms with Crippen LogP contribution in [0.1, 0.15) is 53.4 Å². The fourth-order valence-corrected chi connectivity index (χ4v) is 7.74. The summed E-state index contributed by atoms with van der Waals surface area (Å²) in [6.45, 7) is 9.07. The molecule has 0 aromatic heterocycles. The lowest BCUT2D eigenvalue weighted by Crippen LogP contribution is -2.44. The van der Waals surface area contributed by atoms with Gasteiger partial charge in [0, 0.05) is 12.5 Å². The van der Waals surface area contributed by atoms with Gasteiger partial charge in [-0.2, -0.15) is 0 Å². The average Bonchev–Trinajstić information content (AvgIpc) is 3.18. The summed E-state index contributed by atoms with van der Waals surface area (Å²) in [5.74, 6) is 0.418. The minimum Gasteiger partial charge on any atom is -0.390 e. The Balaban J connectivity index is 2.19. The maximum Gasteiger partial charge on any atom is 0.246 e. The number of hydrogen-bond donors (Lipinski definition) is 2. The van der Waals surface area contributed by atoms with Crippen LogP contribution in [0, 0.1) is 23.2 Å². The molecule has 0 amide bonds. The fourth-order valence-electron chi connectivity index (χ4n) is 5.89. The van der Waals surface area contributed by atoms with Crippen LogP contribution in [0.3, 0.4) is 0 Å². The number of thioether (sulfide) groups is 2. The van der Waals surface area contributed by atoms with Crippen molar-refractivity contribution in [1.82, 2.24) is 0 Å². The van der Waals surface area contributed by atoms with Gasteiger partial charge >= 0.3 is 0 Å². The molecule has 0 aromatic carbocycles. The van der Waals surface area contributed by atoms with E-state index in [0.29, 0.717) is 12.5 Å². The molecule has 0 radical (unpaired) electrons. The molecule has 6 heteroatoms. The number of ether oxygens (including phenoxy) is 1. The largest absolute Gasteiger partial charge is 0.390 e. The Morgan fingerprint density at radius 3 is 2.62 bits per heavy atom. The highest BCUT2D eigenvalue weighted by molar-refractivity contribution is 8.38. The molecule has 4 nitrogen and oxygen atoms in total. The SMILES string of the molecule is COC[C@@]1(SC(=O)SC)CC[C@@H]2/C1=C\[C@@]1(C)CCC(C(C)C)=C1[C@H](O)[C@@H](O)[C@@H]2C. The van der Waals surface area contributed by atoms with Crippen LogP contribution in [0.25, 0.3) is 0 Å². The summed E-state index contributed by atoms with van der Waals surface area (Å²) < 4.78 is 5.36. The van der Waals surface area contributed by atoms with Crippen molar-refractivity contribution in [2.24, 2.45) is 23.2 Å². The Labute approximate surface area is 183 Å². The third kappa shape index (κ3) is 4.00. The van der Waals surface area contributed by atoms with E-state index >= 15 is 0 Å². The van der Waals surface area contributed by atoms with Crippen LogP contribution >= 0.6 is 23.5 Å². The highest BCUT2D eigenvalue weighted by Crippen LogP contribution is 2.59. The van der Waals surface area contributed by atoms with Crippen molar-refractivity contribution in [1.29, 1.82) is 0 Å². The molecule has 0 aromatic rings. The van der Waals surface area contributed by atoms with Gasteiger partial charge in [0.05, 0.1) is 17.5 Å². The number of methoxy groups -OCH3 is 1. The lowest BCUT2D eigenvalue weighted by Gasteiger charge is -2.42. The van der Waals surface area contributed by atoms with Crippen LogP contribution in [-0.4, -0.2) is 51.6 Å². The van der Waals surface area contributed by atoms with Gasteiger partial charge in [0.2, 0.25) is 4.45 Å². The summed E-state index contributed by atoms with van der Waals surface area (Å²) >= 11 is 2.65. The molecule has 0 unspecified atom stereocenters. The molecular weight excluding hydrogens is 404 g/mol. The van der Waals surface area contributed by atoms with E-state index in [-0.39, 0.29) is 26.4 Å². The number of hydrogen-bond acceptors (Lipinski definition) is 6. The molecule has 3 aliphatic carbocycles. The Bertz CT molecular complexity index is 716. The predicted molar refractivity (Wildman–Crippen MR) is 122 cm³/mol. The van der Waals surface area contributed by atoms with E-state index in [4.69, 9.17) is 4.74 Å². The molecule has 3 rings (SSSR count). The van der Waals surface area contributed by atoms with Gasteiger partial charge in [-0.25, -0.2) is 0 Å². The molecule has 2 N–H and O–H groups in total. The molecule has 1 fully saturated rings. The van der Waals surface area contributed by atoms with Crippen LogP contribution in [-0.2, 0) is 4.74 Å². The van der Waals surface area contributed by atoms with Crippen LogP contribution in [0.5, 0.6) is 0 Å². The Morgan fingerprint density at radius 2 is 2.03 bits per heavy atom. The number of aliphatic hydroxyl groups excluding tert-OH is 2. The van der Waals surface area contributed by atoms with E-state index in [1.807, 2.05) is 13.2 Å². The van der Waals surface area contributed by atoms with Crippen molar-refractivity contribution in [2.75, 3.05) is 20.0 Å². The first-order chi connectivity index (χ1) is 13.6. The van der Waals surface area contributed by atoms with Crippen molar-refractivity contribution < 1.29 is 19.7 Å². The van der Waals surface area contributed by atoms with E-state index < -0.39 is 12.2 Å². The Kier molecular flexibility index (Phi) is 7.02. The topological polar surface area (TPSA) is 66.8 Å². The molecule has 1 saturated carbocycles. The van der Waals surface area contributed by atoms with Gasteiger partial charge in [-0.1, -0.05) is 68.4 Å². The monoisotopic (exact) mass is 440 g/mol. The van der Waals surface area contributed by atoms with E-state index in [1.54, 1.807) is 7.11 Å². The summed E-state index contributed by atoms with van der Waals surface area (Å²) in [7, 11) is 1.70. The predicted octanol–water partition coefficient (Wildman–Crippen LogP) is 5.05. The van der Waals surface area contributed by atoms with Crippen LogP contribution in [0.2, 0.25) is 0 Å². The summed E-state index contributed by atoms with van der Waals surface area (Å²) in [6.07, 6.45) is 6.20. The van der Waals surface area contributed by atoms with E-state index in [1.165, 1.54) is 34.7 Å². The number of carbonyl (C=O) groups is 1. The van der Waals surface area contributed by atoms with Gasteiger partial charge in [-0.05, 0) is 55.3 Å². The van der Waals surface area contributed by atoms with Gasteiger partial charge in [0.15, 0.2) is 0 Å². The van der Waals surface area contributed by atoms with Gasteiger partial charge in [-0.3, -0.25) is 4.79 Å². The van der Waals surface area contributed by atoms with Crippen LogP contribution < -0.4 is 0 Å². The molecule has 0 saturated heterocycles. The molecule has 3 aliphatic rings. The molecule has 0 aliphatic heterocycles. The van der Waals surface area contributed by atoms with Gasteiger partial charge in [-0.15, -0.1) is 0 Å². The molecule has 164 valence electrons.